The third kappa shape index (κ3) is 5.33. The second-order valence-corrected chi connectivity index (χ2v) is 8.82. The summed E-state index contributed by atoms with van der Waals surface area (Å²) in [4.78, 5) is 19.7. The first-order valence-electron chi connectivity index (χ1n) is 11.8. The van der Waals surface area contributed by atoms with Crippen LogP contribution in [0.5, 0.6) is 0 Å². The van der Waals surface area contributed by atoms with E-state index in [2.05, 4.69) is 12.1 Å². The van der Waals surface area contributed by atoms with Crippen molar-refractivity contribution in [3.8, 4) is 11.3 Å². The molecule has 34 heavy (non-hydrogen) atoms. The Labute approximate surface area is 200 Å². The van der Waals surface area contributed by atoms with Gasteiger partial charge in [0.1, 0.15) is 0 Å². The lowest BCUT2D eigenvalue weighted by atomic mass is 10.0. The largest absolute Gasteiger partial charge is 0.345 e. The number of halogens is 1. The summed E-state index contributed by atoms with van der Waals surface area (Å²) < 4.78 is 14.4. The highest BCUT2D eigenvalue weighted by Gasteiger charge is 2.21. The molecular formula is C28H31FN4O. The molecule has 0 unspecified atom stereocenters. The first-order valence-corrected chi connectivity index (χ1v) is 11.8. The van der Waals surface area contributed by atoms with Crippen molar-refractivity contribution < 1.29 is 9.18 Å². The average Bonchev–Trinajstić information content (AvgIpc) is 3.20. The molecule has 4 rings (SSSR count). The number of aryl methyl sites for hydroxylation is 3. The number of nitrogens with zero attached hydrogens (tertiary/aromatic N) is 4. The minimum atomic E-state index is -0.317. The van der Waals surface area contributed by atoms with E-state index in [1.165, 1.54) is 5.56 Å². The van der Waals surface area contributed by atoms with Crippen LogP contribution in [-0.2, 0) is 24.1 Å². The highest BCUT2D eigenvalue weighted by molar-refractivity contribution is 5.84. The molecule has 0 saturated carbocycles. The fraction of sp³-hybridized carbons (Fsp3) is 0.321. The predicted octanol–water partition coefficient (Wildman–Crippen LogP) is 5.16. The van der Waals surface area contributed by atoms with Crippen molar-refractivity contribution in [2.45, 2.75) is 39.5 Å². The molecule has 0 aliphatic carbocycles. The molecule has 0 aliphatic heterocycles. The molecule has 6 heteroatoms. The molecule has 0 spiro atoms. The number of rotatable bonds is 9. The van der Waals surface area contributed by atoms with E-state index in [-0.39, 0.29) is 19.0 Å². The summed E-state index contributed by atoms with van der Waals surface area (Å²) >= 11 is 0. The van der Waals surface area contributed by atoms with Gasteiger partial charge in [-0.15, -0.1) is 0 Å². The summed E-state index contributed by atoms with van der Waals surface area (Å²) in [5.41, 5.74) is 7.42. The monoisotopic (exact) mass is 458 g/mol. The van der Waals surface area contributed by atoms with Crippen LogP contribution >= 0.6 is 0 Å². The fourth-order valence-electron chi connectivity index (χ4n) is 4.21. The van der Waals surface area contributed by atoms with Gasteiger partial charge >= 0.3 is 0 Å². The van der Waals surface area contributed by atoms with Gasteiger partial charge in [0.25, 0.3) is 0 Å². The maximum Gasteiger partial charge on any atom is 0.226 e. The van der Waals surface area contributed by atoms with Crippen molar-refractivity contribution in [3.63, 3.8) is 0 Å². The maximum absolute atomic E-state index is 13.2. The fourth-order valence-corrected chi connectivity index (χ4v) is 4.21. The van der Waals surface area contributed by atoms with E-state index in [4.69, 9.17) is 10.1 Å². The van der Waals surface area contributed by atoms with Gasteiger partial charge in [-0.25, -0.2) is 9.50 Å². The smallest absolute Gasteiger partial charge is 0.226 e. The molecule has 176 valence electrons. The van der Waals surface area contributed by atoms with E-state index in [1.807, 2.05) is 73.9 Å². The number of amides is 1. The van der Waals surface area contributed by atoms with Gasteiger partial charge in [0.15, 0.2) is 5.65 Å². The van der Waals surface area contributed by atoms with Crippen LogP contribution < -0.4 is 0 Å². The lowest BCUT2D eigenvalue weighted by Crippen LogP contribution is -2.30. The summed E-state index contributed by atoms with van der Waals surface area (Å²) in [5, 5.41) is 4.84. The summed E-state index contributed by atoms with van der Waals surface area (Å²) in [7, 11) is 1.85. The number of likely N-dealkylation sites (N-methyl/N-ethyl adjacent to an activating group) is 1. The highest BCUT2D eigenvalue weighted by Crippen LogP contribution is 2.28. The van der Waals surface area contributed by atoms with Crippen molar-refractivity contribution in [1.82, 2.24) is 19.5 Å². The minimum Gasteiger partial charge on any atom is -0.345 e. The van der Waals surface area contributed by atoms with Crippen LogP contribution in [0.2, 0.25) is 0 Å². The molecule has 0 aliphatic rings. The highest BCUT2D eigenvalue weighted by atomic mass is 19.1. The first kappa shape index (κ1) is 23.6. The second-order valence-electron chi connectivity index (χ2n) is 8.82. The molecule has 0 fully saturated rings. The third-order valence-corrected chi connectivity index (χ3v) is 6.15. The Bertz CT molecular complexity index is 1270. The molecule has 2 heterocycles. The van der Waals surface area contributed by atoms with Gasteiger partial charge < -0.3 is 4.90 Å². The van der Waals surface area contributed by atoms with E-state index < -0.39 is 0 Å². The Balaban J connectivity index is 1.63. The van der Waals surface area contributed by atoms with Gasteiger partial charge in [0, 0.05) is 36.1 Å². The molecule has 0 saturated heterocycles. The van der Waals surface area contributed by atoms with Crippen molar-refractivity contribution >= 4 is 11.6 Å². The number of benzene rings is 2. The quantitative estimate of drug-likeness (QED) is 0.348. The molecule has 0 N–H and O–H groups in total. The van der Waals surface area contributed by atoms with Crippen molar-refractivity contribution in [2.75, 3.05) is 20.3 Å². The second kappa shape index (κ2) is 10.6. The minimum absolute atomic E-state index is 0.0348. The maximum atomic E-state index is 13.2. The van der Waals surface area contributed by atoms with Gasteiger partial charge in [-0.3, -0.25) is 9.18 Å². The van der Waals surface area contributed by atoms with Crippen LogP contribution in [0.15, 0.2) is 60.7 Å². The Morgan fingerprint density at radius 1 is 1.00 bits per heavy atom. The van der Waals surface area contributed by atoms with Gasteiger partial charge in [-0.2, -0.15) is 5.10 Å². The van der Waals surface area contributed by atoms with E-state index in [9.17, 15) is 9.18 Å². The van der Waals surface area contributed by atoms with Gasteiger partial charge in [-0.1, -0.05) is 54.6 Å². The number of hydrogen-bond donors (Lipinski definition) is 0. The van der Waals surface area contributed by atoms with Crippen molar-refractivity contribution in [3.05, 3.63) is 88.7 Å². The normalized spacial score (nSPS) is 11.2. The molecular weight excluding hydrogens is 427 g/mol. The Hall–Kier alpha value is -3.54. The van der Waals surface area contributed by atoms with Crippen LogP contribution in [0.4, 0.5) is 4.39 Å². The molecule has 2 aromatic carbocycles. The summed E-state index contributed by atoms with van der Waals surface area (Å²) in [5.74, 6) is 0.0348. The molecule has 5 nitrogen and oxygen atoms in total. The van der Waals surface area contributed by atoms with Crippen LogP contribution in [0.3, 0.4) is 0 Å². The SMILES string of the molecule is Cc1cc(C)n2nc(-c3ccc(CCCF)cc3)c(CC(=O)N(C)CCc3ccccc3)c2n1. The van der Waals surface area contributed by atoms with E-state index in [0.717, 1.165) is 45.8 Å². The lowest BCUT2D eigenvalue weighted by Gasteiger charge is -2.17. The molecule has 0 radical (unpaired) electrons. The van der Waals surface area contributed by atoms with Gasteiger partial charge in [-0.05, 0) is 50.3 Å². The van der Waals surface area contributed by atoms with Crippen LogP contribution in [0.1, 0.15) is 34.5 Å². The molecule has 4 aromatic rings. The number of carbonyl (C=O) groups excluding carboxylic acids is 1. The summed E-state index contributed by atoms with van der Waals surface area (Å²) in [6.07, 6.45) is 2.26. The number of aromatic nitrogens is 3. The van der Waals surface area contributed by atoms with E-state index in [1.54, 1.807) is 4.90 Å². The lowest BCUT2D eigenvalue weighted by molar-refractivity contribution is -0.129. The zero-order valence-electron chi connectivity index (χ0n) is 20.1. The summed E-state index contributed by atoms with van der Waals surface area (Å²) in [6, 6.07) is 20.2. The number of fused-ring (bicyclic) bond motifs is 1. The van der Waals surface area contributed by atoms with E-state index >= 15 is 0 Å². The number of hydrogen-bond acceptors (Lipinski definition) is 3. The molecule has 0 atom stereocenters. The molecule has 0 bridgehead atoms. The zero-order chi connectivity index (χ0) is 24.1. The van der Waals surface area contributed by atoms with Crippen LogP contribution in [-0.4, -0.2) is 45.7 Å². The Morgan fingerprint density at radius 3 is 2.41 bits per heavy atom. The van der Waals surface area contributed by atoms with Crippen LogP contribution in [0, 0.1) is 13.8 Å². The van der Waals surface area contributed by atoms with E-state index in [0.29, 0.717) is 19.4 Å². The topological polar surface area (TPSA) is 50.5 Å². The number of carbonyl (C=O) groups is 1. The Kier molecular flexibility index (Phi) is 7.36. The zero-order valence-corrected chi connectivity index (χ0v) is 20.1. The third-order valence-electron chi connectivity index (χ3n) is 6.15. The van der Waals surface area contributed by atoms with Crippen LogP contribution in [0.25, 0.3) is 16.9 Å². The first-order chi connectivity index (χ1) is 16.5. The predicted molar refractivity (Wildman–Crippen MR) is 134 cm³/mol. The van der Waals surface area contributed by atoms with Gasteiger partial charge in [0.05, 0.1) is 18.8 Å². The van der Waals surface area contributed by atoms with Crippen molar-refractivity contribution in [1.29, 1.82) is 0 Å². The molecule has 1 amide bonds. The summed E-state index contributed by atoms with van der Waals surface area (Å²) in [6.45, 7) is 4.28. The number of alkyl halides is 1. The van der Waals surface area contributed by atoms with Crippen molar-refractivity contribution in [2.24, 2.45) is 0 Å². The Morgan fingerprint density at radius 2 is 1.71 bits per heavy atom. The molecule has 2 aromatic heterocycles. The van der Waals surface area contributed by atoms with Gasteiger partial charge in [0.2, 0.25) is 5.91 Å². The average molecular weight is 459 g/mol. The standard InChI is InChI=1S/C28H31FN4O/c1-20-18-21(2)33-28(30-20)25(19-26(34)32(3)17-15-22-8-5-4-6-9-22)27(31-33)24-13-11-23(12-14-24)10-7-16-29/h4-6,8-9,11-14,18H,7,10,15-17,19H2,1-3H3.